The lowest BCUT2D eigenvalue weighted by atomic mass is 9.56. The first kappa shape index (κ1) is 14.1. The molecule has 0 amide bonds. The van der Waals surface area contributed by atoms with Crippen LogP contribution in [0.25, 0.3) is 0 Å². The van der Waals surface area contributed by atoms with E-state index >= 15 is 0 Å². The summed E-state index contributed by atoms with van der Waals surface area (Å²) in [5.74, 6) is 3.76. The number of hydrogen-bond acceptors (Lipinski definition) is 1. The molecule has 1 aromatic rings. The summed E-state index contributed by atoms with van der Waals surface area (Å²) in [5.41, 5.74) is 3.86. The van der Waals surface area contributed by atoms with Crippen LogP contribution in [-0.2, 0) is 6.42 Å². The molecule has 2 fully saturated rings. The lowest BCUT2D eigenvalue weighted by Crippen LogP contribution is -2.39. The lowest BCUT2D eigenvalue weighted by Gasteiger charge is -2.49. The molecule has 5 atom stereocenters. The topological polar surface area (TPSA) is 9.23 Å². The van der Waals surface area contributed by atoms with Gasteiger partial charge in [0.15, 0.2) is 0 Å². The van der Waals surface area contributed by atoms with E-state index < -0.39 is 0 Å². The van der Waals surface area contributed by atoms with E-state index in [4.69, 9.17) is 4.74 Å². The van der Waals surface area contributed by atoms with Crippen molar-refractivity contribution in [1.82, 2.24) is 0 Å². The number of hydrogen-bond donors (Lipinski definition) is 0. The monoisotopic (exact) mass is 302 g/mol. The van der Waals surface area contributed by atoms with Crippen LogP contribution in [0, 0.1) is 17.3 Å². The van der Waals surface area contributed by atoms with E-state index in [-0.39, 0.29) is 0 Å². The molecule has 3 aliphatic carbocycles. The number of fused-ring (bicyclic) bond motifs is 5. The van der Waals surface area contributed by atoms with Crippen LogP contribution in [0.2, 0.25) is 0 Å². The predicted octanol–water partition coefficient (Wildman–Crippen LogP) is 4.44. The Morgan fingerprint density at radius 3 is 2.86 bits per heavy atom. The molecule has 1 aromatic carbocycles. The van der Waals surface area contributed by atoms with E-state index in [1.165, 1.54) is 50.3 Å². The normalized spacial score (nSPS) is 37.6. The van der Waals surface area contributed by atoms with Crippen molar-refractivity contribution in [3.05, 3.63) is 23.3 Å². The van der Waals surface area contributed by atoms with Crippen LogP contribution >= 0.6 is 9.24 Å². The highest BCUT2D eigenvalue weighted by molar-refractivity contribution is 7.27. The first-order valence-electron chi connectivity index (χ1n) is 8.59. The zero-order valence-corrected chi connectivity index (χ0v) is 14.5. The van der Waals surface area contributed by atoms with Crippen LogP contribution in [0.4, 0.5) is 0 Å². The molecule has 0 heterocycles. The van der Waals surface area contributed by atoms with Gasteiger partial charge in [-0.05, 0) is 85.0 Å². The third-order valence-electron chi connectivity index (χ3n) is 6.86. The van der Waals surface area contributed by atoms with Gasteiger partial charge in [-0.3, -0.25) is 0 Å². The summed E-state index contributed by atoms with van der Waals surface area (Å²) in [6.07, 6.45) is 9.93. The van der Waals surface area contributed by atoms with Crippen molar-refractivity contribution >= 4 is 14.5 Å². The van der Waals surface area contributed by atoms with Crippen LogP contribution < -0.4 is 10.0 Å². The molecule has 0 saturated heterocycles. The fraction of sp³-hybridized carbons (Fsp3) is 0.684. The third kappa shape index (κ3) is 2.07. The highest BCUT2D eigenvalue weighted by atomic mass is 31.0. The van der Waals surface area contributed by atoms with Gasteiger partial charge in [-0.1, -0.05) is 13.3 Å². The number of ether oxygens (including phenoxy) is 1. The van der Waals surface area contributed by atoms with Crippen molar-refractivity contribution in [2.45, 2.75) is 57.8 Å². The molecule has 4 rings (SSSR count). The summed E-state index contributed by atoms with van der Waals surface area (Å²) >= 11 is 0. The largest absolute Gasteiger partial charge is 0.496 e. The van der Waals surface area contributed by atoms with Gasteiger partial charge in [-0.25, -0.2) is 0 Å². The maximum atomic E-state index is 5.58. The Morgan fingerprint density at radius 1 is 1.19 bits per heavy atom. The molecule has 21 heavy (non-hydrogen) atoms. The molecular formula is C19H27OP. The summed E-state index contributed by atoms with van der Waals surface area (Å²) < 4.78 is 5.58. The van der Waals surface area contributed by atoms with Gasteiger partial charge in [0.05, 0.1) is 7.11 Å². The zero-order chi connectivity index (χ0) is 14.6. The Morgan fingerprint density at radius 2 is 2.05 bits per heavy atom. The molecule has 0 aromatic heterocycles. The molecule has 2 heteroatoms. The molecule has 0 N–H and O–H groups in total. The number of rotatable bonds is 1. The molecular weight excluding hydrogens is 275 g/mol. The minimum atomic E-state index is 0.656. The van der Waals surface area contributed by atoms with E-state index in [9.17, 15) is 0 Å². The molecule has 5 unspecified atom stereocenters. The third-order valence-corrected chi connectivity index (χ3v) is 7.31. The van der Waals surface area contributed by atoms with Crippen LogP contribution in [-0.4, -0.2) is 7.11 Å². The average molecular weight is 302 g/mol. The van der Waals surface area contributed by atoms with Crippen LogP contribution in [0.15, 0.2) is 12.1 Å². The summed E-state index contributed by atoms with van der Waals surface area (Å²) in [4.78, 5) is 0. The van der Waals surface area contributed by atoms with Crippen molar-refractivity contribution in [3.63, 3.8) is 0 Å². The molecule has 114 valence electrons. The van der Waals surface area contributed by atoms with Gasteiger partial charge in [0.25, 0.3) is 0 Å². The summed E-state index contributed by atoms with van der Waals surface area (Å²) in [5, 5.41) is 1.22. The van der Waals surface area contributed by atoms with Gasteiger partial charge in [-0.15, -0.1) is 9.24 Å². The van der Waals surface area contributed by atoms with Crippen LogP contribution in [0.3, 0.4) is 0 Å². The molecule has 2 saturated carbocycles. The van der Waals surface area contributed by atoms with E-state index in [0.29, 0.717) is 5.41 Å². The minimum absolute atomic E-state index is 0.656. The van der Waals surface area contributed by atoms with Crippen molar-refractivity contribution in [3.8, 4) is 5.75 Å². The highest BCUT2D eigenvalue weighted by Gasteiger charge is 2.50. The second-order valence-corrected chi connectivity index (χ2v) is 8.42. The highest BCUT2D eigenvalue weighted by Crippen LogP contribution is 2.60. The number of methoxy groups -OCH3 is 1. The maximum Gasteiger partial charge on any atom is 0.126 e. The summed E-state index contributed by atoms with van der Waals surface area (Å²) in [6, 6.07) is 4.71. The molecule has 0 bridgehead atoms. The van der Waals surface area contributed by atoms with Crippen molar-refractivity contribution in [2.75, 3.05) is 7.11 Å². The standard InChI is InChI=1S/C19H27OP/c1-19-8-3-4-16(19)14-6-5-12-10-18(21)17(20-2)11-15(12)13(14)7-9-19/h10-11,13-14,16H,3-9,21H2,1-2H3. The van der Waals surface area contributed by atoms with Crippen LogP contribution in [0.1, 0.15) is 62.5 Å². The van der Waals surface area contributed by atoms with E-state index in [2.05, 4.69) is 28.3 Å². The molecule has 3 aliphatic rings. The Balaban J connectivity index is 1.73. The maximum absolute atomic E-state index is 5.58. The number of benzene rings is 1. The van der Waals surface area contributed by atoms with E-state index in [1.54, 1.807) is 18.2 Å². The SMILES string of the molecule is COc1cc2c(cc1P)CCC1C2CCC2(C)CCCC12. The average Bonchev–Trinajstić information content (AvgIpc) is 2.88. The molecule has 0 aliphatic heterocycles. The van der Waals surface area contributed by atoms with Crippen LogP contribution in [0.5, 0.6) is 5.75 Å². The van der Waals surface area contributed by atoms with Crippen molar-refractivity contribution < 1.29 is 4.74 Å². The first-order chi connectivity index (χ1) is 10.1. The van der Waals surface area contributed by atoms with E-state index in [1.807, 2.05) is 0 Å². The zero-order valence-electron chi connectivity index (χ0n) is 13.3. The van der Waals surface area contributed by atoms with Gasteiger partial charge in [0, 0.05) is 5.30 Å². The smallest absolute Gasteiger partial charge is 0.126 e. The Labute approximate surface area is 131 Å². The fourth-order valence-corrected chi connectivity index (χ4v) is 6.19. The predicted molar refractivity (Wildman–Crippen MR) is 91.6 cm³/mol. The summed E-state index contributed by atoms with van der Waals surface area (Å²) in [7, 11) is 4.63. The molecule has 0 radical (unpaired) electrons. The fourth-order valence-electron chi connectivity index (χ4n) is 5.79. The van der Waals surface area contributed by atoms with E-state index in [0.717, 1.165) is 23.5 Å². The van der Waals surface area contributed by atoms with Gasteiger partial charge < -0.3 is 4.74 Å². The van der Waals surface area contributed by atoms with Gasteiger partial charge in [0.1, 0.15) is 5.75 Å². The second-order valence-electron chi connectivity index (χ2n) is 7.79. The van der Waals surface area contributed by atoms with Gasteiger partial charge >= 0.3 is 0 Å². The Hall–Kier alpha value is -0.550. The first-order valence-corrected chi connectivity index (χ1v) is 9.16. The van der Waals surface area contributed by atoms with Gasteiger partial charge in [0.2, 0.25) is 0 Å². The lowest BCUT2D eigenvalue weighted by molar-refractivity contribution is 0.0598. The van der Waals surface area contributed by atoms with Crippen molar-refractivity contribution in [1.29, 1.82) is 0 Å². The number of aryl methyl sites for hydroxylation is 1. The van der Waals surface area contributed by atoms with Gasteiger partial charge in [-0.2, -0.15) is 0 Å². The second kappa shape index (κ2) is 4.98. The Bertz CT molecular complexity index is 567. The minimum Gasteiger partial charge on any atom is -0.496 e. The molecule has 0 spiro atoms. The Kier molecular flexibility index (Phi) is 3.34. The quantitative estimate of drug-likeness (QED) is 0.697. The summed E-state index contributed by atoms with van der Waals surface area (Å²) in [6.45, 7) is 2.57. The molecule has 1 nitrogen and oxygen atoms in total. The van der Waals surface area contributed by atoms with Crippen molar-refractivity contribution in [2.24, 2.45) is 17.3 Å².